The van der Waals surface area contributed by atoms with Crippen LogP contribution in [0.1, 0.15) is 25.0 Å². The number of benzene rings is 19. The van der Waals surface area contributed by atoms with Gasteiger partial charge in [0.2, 0.25) is 0 Å². The number of hydrogen-bond donors (Lipinski definition) is 0. The van der Waals surface area contributed by atoms with Crippen molar-refractivity contribution in [3.8, 4) is 102 Å². The first-order valence-corrected chi connectivity index (χ1v) is 51.5. The van der Waals surface area contributed by atoms with Crippen molar-refractivity contribution >= 4 is 214 Å². The lowest BCUT2D eigenvalue weighted by atomic mass is 9.82. The van der Waals surface area contributed by atoms with Crippen LogP contribution in [0.25, 0.3) is 270 Å². The Labute approximate surface area is 836 Å². The van der Waals surface area contributed by atoms with E-state index in [-0.39, 0.29) is 5.41 Å². The Kier molecular flexibility index (Phi) is 19.0. The summed E-state index contributed by atoms with van der Waals surface area (Å²) in [6.07, 6.45) is 0. The van der Waals surface area contributed by atoms with Gasteiger partial charge in [0.15, 0.2) is 17.5 Å². The fourth-order valence-corrected chi connectivity index (χ4v) is 26.8. The molecule has 0 spiro atoms. The van der Waals surface area contributed by atoms with Crippen molar-refractivity contribution < 1.29 is 0 Å². The quantitative estimate of drug-likeness (QED) is 0.135. The Morgan fingerprint density at radius 2 is 0.476 bits per heavy atom. The molecule has 0 saturated heterocycles. The van der Waals surface area contributed by atoms with E-state index < -0.39 is 0 Å². The van der Waals surface area contributed by atoms with E-state index in [0.29, 0.717) is 0 Å². The van der Waals surface area contributed by atoms with E-state index in [1.165, 1.54) is 160 Å². The second kappa shape index (κ2) is 32.8. The summed E-state index contributed by atoms with van der Waals surface area (Å²) >= 11 is 7.06. The number of fused-ring (bicyclic) bond motifs is 27. The van der Waals surface area contributed by atoms with Gasteiger partial charge in [-0.15, -0.1) is 45.3 Å². The van der Waals surface area contributed by atoms with Crippen LogP contribution in [0.3, 0.4) is 0 Å². The fourth-order valence-electron chi connectivity index (χ4n) is 22.5. The lowest BCUT2D eigenvalue weighted by Gasteiger charge is -2.21. The molecule has 0 atom stereocenters. The second-order valence-corrected chi connectivity index (χ2v) is 41.6. The van der Waals surface area contributed by atoms with Crippen molar-refractivity contribution in [3.63, 3.8) is 0 Å². The summed E-state index contributed by atoms with van der Waals surface area (Å²) in [4.78, 5) is 34.5. The molecule has 0 N–H and O–H groups in total. The molecular formula is C129H80N10S4. The fraction of sp³-hybridized carbons (Fsp3) is 0.0233. The lowest BCUT2D eigenvalue weighted by molar-refractivity contribution is 0.661. The van der Waals surface area contributed by atoms with Crippen LogP contribution in [0.2, 0.25) is 0 Å². The summed E-state index contributed by atoms with van der Waals surface area (Å²) < 4.78 is 15.9. The molecule has 11 heterocycles. The maximum atomic E-state index is 5.30. The molecule has 10 nitrogen and oxygen atoms in total. The maximum Gasteiger partial charge on any atom is 0.161 e. The summed E-state index contributed by atoms with van der Waals surface area (Å²) in [5, 5.41) is 19.5. The molecule has 1 aliphatic rings. The number of nitrogens with zero attached hydrogens (tertiary/aromatic N) is 10. The van der Waals surface area contributed by atoms with E-state index >= 15 is 0 Å². The zero-order valence-electron chi connectivity index (χ0n) is 77.3. The highest BCUT2D eigenvalue weighted by molar-refractivity contribution is 7.27. The van der Waals surface area contributed by atoms with Crippen molar-refractivity contribution in [3.05, 3.63) is 460 Å². The van der Waals surface area contributed by atoms with Gasteiger partial charge < -0.3 is 18.3 Å². The molecule has 0 saturated carbocycles. The Hall–Kier alpha value is -17.5. The second-order valence-electron chi connectivity index (χ2n) is 37.5. The molecule has 14 heteroatoms. The van der Waals surface area contributed by atoms with Crippen molar-refractivity contribution in [2.24, 2.45) is 0 Å². The minimum atomic E-state index is -0.0533. The van der Waals surface area contributed by atoms with Gasteiger partial charge in [-0.25, -0.2) is 29.9 Å². The van der Waals surface area contributed by atoms with Crippen LogP contribution < -0.4 is 0 Å². The molecule has 0 aliphatic heterocycles. The van der Waals surface area contributed by atoms with Gasteiger partial charge >= 0.3 is 0 Å². The van der Waals surface area contributed by atoms with Crippen molar-refractivity contribution in [2.75, 3.05) is 0 Å². The average molecular weight is 1900 g/mol. The molecule has 0 fully saturated rings. The Bertz CT molecular complexity index is 10500. The average Bonchev–Trinajstić information content (AvgIpc) is 1.50. The van der Waals surface area contributed by atoms with Gasteiger partial charge in [0.1, 0.15) is 14.5 Å². The van der Waals surface area contributed by atoms with Crippen LogP contribution in [0.4, 0.5) is 0 Å². The summed E-state index contributed by atoms with van der Waals surface area (Å²) in [5.74, 6) is 2.20. The lowest BCUT2D eigenvalue weighted by Crippen LogP contribution is -2.14. The topological polar surface area (TPSA) is 97.1 Å². The van der Waals surface area contributed by atoms with Gasteiger partial charge in [0.05, 0.1) is 61.2 Å². The number of hydrogen-bond acceptors (Lipinski definition) is 10. The van der Waals surface area contributed by atoms with Gasteiger partial charge in [-0.2, -0.15) is 0 Å². The number of thiophene rings is 4. The molecule has 31 rings (SSSR count). The van der Waals surface area contributed by atoms with E-state index in [2.05, 4.69) is 481 Å². The van der Waals surface area contributed by atoms with E-state index in [9.17, 15) is 0 Å². The molecule has 143 heavy (non-hydrogen) atoms. The zero-order valence-corrected chi connectivity index (χ0v) is 80.6. The Morgan fingerprint density at radius 3 is 0.881 bits per heavy atom. The molecule has 1 aliphatic carbocycles. The predicted octanol–water partition coefficient (Wildman–Crippen LogP) is 35.6. The van der Waals surface area contributed by atoms with E-state index in [4.69, 9.17) is 29.9 Å². The van der Waals surface area contributed by atoms with E-state index in [1.807, 2.05) is 11.3 Å². The van der Waals surface area contributed by atoms with E-state index in [0.717, 1.165) is 121 Å². The third-order valence-electron chi connectivity index (χ3n) is 29.0. The molecule has 0 amide bonds. The monoisotopic (exact) mass is 1900 g/mol. The highest BCUT2D eigenvalue weighted by Crippen LogP contribution is 2.53. The highest BCUT2D eigenvalue weighted by atomic mass is 32.1. The van der Waals surface area contributed by atoms with Crippen LogP contribution in [-0.4, -0.2) is 48.2 Å². The van der Waals surface area contributed by atoms with Crippen LogP contribution in [0.15, 0.2) is 449 Å². The summed E-state index contributed by atoms with van der Waals surface area (Å²) in [6.45, 7) is 4.70. The van der Waals surface area contributed by atoms with E-state index in [1.54, 1.807) is 34.0 Å². The molecule has 11 aromatic heterocycles. The standard InChI is InChI=1S/C46H28N4S.C43H29N3S.C40H23N3S2/c1-3-14-29(15-4-1)44-43-35-22-9-12-25-42(35)51-46(43)48-45(47-44)30-16-13-19-32(26-30)50-39-24-11-8-21-34(39)37-27-40-36(28-41(37)50)33-20-7-10-23-38(33)49(40)31-17-5-2-6-18-31;1-43(2)34-20-9-6-17-29(34)32-25-37-33(24-35(32)43)30-18-7-10-21-36(30)46(37)28-16-12-15-27(23-28)41-44-40(26-13-4-3-5-14-26)39-31-19-8-11-22-38(31)47-42(39)45-41;1-2-11-24(12-3-1)38-37-29-17-6-9-20-35(29)45-40(37)42-39(41-38)25-13-10-14-26(21-25)43-32-18-7-4-15-27(32)30-23-36-31(22-33(30)43)28-16-5-8-19-34(28)44-36/h1-28H;3-25H,1-2H3;1-23H. The first kappa shape index (κ1) is 82.6. The number of aromatic nitrogens is 10. The molecule has 0 radical (unpaired) electrons. The molecule has 670 valence electrons. The van der Waals surface area contributed by atoms with Gasteiger partial charge in [0, 0.05) is 171 Å². The van der Waals surface area contributed by atoms with Gasteiger partial charge in [-0.05, 0) is 156 Å². The molecule has 19 aromatic carbocycles. The zero-order chi connectivity index (χ0) is 94.2. The first-order chi connectivity index (χ1) is 70.7. The minimum absolute atomic E-state index is 0.0533. The highest BCUT2D eigenvalue weighted by Gasteiger charge is 2.37. The normalized spacial score (nSPS) is 12.5. The number of rotatable bonds is 10. The third-order valence-corrected chi connectivity index (χ3v) is 33.3. The third kappa shape index (κ3) is 13.3. The van der Waals surface area contributed by atoms with Crippen LogP contribution in [-0.2, 0) is 5.41 Å². The molecule has 30 aromatic rings. The predicted molar refractivity (Wildman–Crippen MR) is 605 cm³/mol. The summed E-state index contributed by atoms with van der Waals surface area (Å²) in [5.41, 5.74) is 28.5. The summed E-state index contributed by atoms with van der Waals surface area (Å²) in [7, 11) is 0. The molecular weight excluding hydrogens is 1820 g/mol. The Balaban J connectivity index is 0.000000102. The van der Waals surface area contributed by atoms with Crippen LogP contribution in [0, 0.1) is 0 Å². The number of para-hydroxylation sites is 5. The Morgan fingerprint density at radius 1 is 0.182 bits per heavy atom. The van der Waals surface area contributed by atoms with Crippen LogP contribution >= 0.6 is 45.3 Å². The van der Waals surface area contributed by atoms with Crippen LogP contribution in [0.5, 0.6) is 0 Å². The van der Waals surface area contributed by atoms with Crippen molar-refractivity contribution in [1.29, 1.82) is 0 Å². The smallest absolute Gasteiger partial charge is 0.161 e. The largest absolute Gasteiger partial charge is 0.309 e. The van der Waals surface area contributed by atoms with Gasteiger partial charge in [-0.3, -0.25) is 0 Å². The van der Waals surface area contributed by atoms with Gasteiger partial charge in [0.25, 0.3) is 0 Å². The summed E-state index contributed by atoms with van der Waals surface area (Å²) in [6, 6.07) is 161. The van der Waals surface area contributed by atoms with Crippen molar-refractivity contribution in [1.82, 2.24) is 48.2 Å². The van der Waals surface area contributed by atoms with Crippen molar-refractivity contribution in [2.45, 2.75) is 19.3 Å². The maximum absolute atomic E-state index is 5.30. The SMILES string of the molecule is CC1(C)c2ccccc2-c2cc3c(cc21)c1ccccc1n3-c1cccc(-c2nc(-c3ccccc3)c3c(n2)sc2ccccc23)c1.c1ccc(-c2nc(-c3cccc(-n4c5ccccc5c5cc6c(cc54)c4ccccc4n6-c4ccccc4)c3)nc3sc4ccccc4c23)cc1.c1ccc(-c2nc(-c3cccc(-n4c5ccccc5c5cc6sc7ccccc7c6cc54)c3)nc3sc4ccccc4c23)cc1. The molecule has 0 bridgehead atoms. The van der Waals surface area contributed by atoms with Gasteiger partial charge in [-0.1, -0.05) is 329 Å². The minimum Gasteiger partial charge on any atom is -0.309 e. The first-order valence-electron chi connectivity index (χ1n) is 48.3. The molecule has 0 unspecified atom stereocenters.